The highest BCUT2D eigenvalue weighted by molar-refractivity contribution is 9.11. The molecule has 10 heteroatoms. The third kappa shape index (κ3) is 3.76. The molecule has 0 spiro atoms. The summed E-state index contributed by atoms with van der Waals surface area (Å²) < 4.78 is 27.6. The van der Waals surface area contributed by atoms with E-state index in [0.717, 1.165) is 4.88 Å². The van der Waals surface area contributed by atoms with Gasteiger partial charge in [-0.2, -0.15) is 5.10 Å². The molecule has 2 N–H and O–H groups in total. The maximum absolute atomic E-state index is 12.4. The number of nitrogens with one attached hydrogen (secondary N) is 2. The minimum Gasteiger partial charge on any atom is -0.315 e. The van der Waals surface area contributed by atoms with Gasteiger partial charge in [-0.05, 0) is 42.9 Å². The highest BCUT2D eigenvalue weighted by Gasteiger charge is 2.22. The average Bonchev–Trinajstić information content (AvgIpc) is 2.76. The highest BCUT2D eigenvalue weighted by atomic mass is 79.9. The normalized spacial score (nSPS) is 11.6. The molecular weight excluding hydrogens is 378 g/mol. The first-order valence-electron chi connectivity index (χ1n) is 5.97. The van der Waals surface area contributed by atoms with Gasteiger partial charge < -0.3 is 5.32 Å². The number of hydrogen-bond acceptors (Lipinski definition) is 7. The average molecular weight is 392 g/mol. The molecule has 0 unspecified atom stereocenters. The molecule has 2 heterocycles. The van der Waals surface area contributed by atoms with Crippen molar-refractivity contribution >= 4 is 43.2 Å². The van der Waals surface area contributed by atoms with Crippen molar-refractivity contribution in [2.45, 2.75) is 25.3 Å². The monoisotopic (exact) mass is 391 g/mol. The van der Waals surface area contributed by atoms with Crippen molar-refractivity contribution < 1.29 is 8.42 Å². The number of anilines is 1. The largest absolute Gasteiger partial charge is 0.315 e. The minimum absolute atomic E-state index is 0.0358. The first-order valence-corrected chi connectivity index (χ1v) is 9.06. The number of thiophene rings is 1. The number of aromatic nitrogens is 3. The number of aryl methyl sites for hydroxylation is 2. The van der Waals surface area contributed by atoms with E-state index >= 15 is 0 Å². The van der Waals surface area contributed by atoms with Gasteiger partial charge in [-0.1, -0.05) is 0 Å². The lowest BCUT2D eigenvalue weighted by Crippen LogP contribution is -2.16. The van der Waals surface area contributed by atoms with Gasteiger partial charge in [0.15, 0.2) is 0 Å². The Balaban J connectivity index is 2.31. The van der Waals surface area contributed by atoms with E-state index in [1.807, 2.05) is 0 Å². The Labute approximate surface area is 135 Å². The number of rotatable bonds is 5. The van der Waals surface area contributed by atoms with Gasteiger partial charge in [-0.25, -0.2) is 18.1 Å². The summed E-state index contributed by atoms with van der Waals surface area (Å²) in [6.07, 6.45) is 0. The smallest absolute Gasteiger partial charge is 0.266 e. The molecule has 2 aromatic heterocycles. The van der Waals surface area contributed by atoms with Crippen molar-refractivity contribution in [2.24, 2.45) is 0 Å². The summed E-state index contributed by atoms with van der Waals surface area (Å²) >= 11 is 4.64. The van der Waals surface area contributed by atoms with Crippen LogP contribution in [-0.4, -0.2) is 30.6 Å². The summed E-state index contributed by atoms with van der Waals surface area (Å²) in [6.45, 7) is 4.10. The van der Waals surface area contributed by atoms with Crippen molar-refractivity contribution in [1.29, 1.82) is 0 Å². The van der Waals surface area contributed by atoms with Crippen molar-refractivity contribution in [3.63, 3.8) is 0 Å². The van der Waals surface area contributed by atoms with Gasteiger partial charge in [-0.15, -0.1) is 16.4 Å². The van der Waals surface area contributed by atoms with Gasteiger partial charge in [0.2, 0.25) is 0 Å². The zero-order valence-electron chi connectivity index (χ0n) is 11.6. The number of hydrogen-bond donors (Lipinski definition) is 2. The Morgan fingerprint density at radius 2 is 2.00 bits per heavy atom. The summed E-state index contributed by atoms with van der Waals surface area (Å²) in [7, 11) is -1.95. The first kappa shape index (κ1) is 16.3. The van der Waals surface area contributed by atoms with Crippen LogP contribution in [0.2, 0.25) is 0 Å². The van der Waals surface area contributed by atoms with Crippen LogP contribution in [0.3, 0.4) is 0 Å². The molecule has 0 aliphatic heterocycles. The van der Waals surface area contributed by atoms with Crippen LogP contribution in [0.5, 0.6) is 0 Å². The molecular formula is C11H14BrN5O2S2. The molecule has 0 saturated carbocycles. The molecule has 0 aliphatic rings. The maximum Gasteiger partial charge on any atom is 0.266 e. The molecule has 0 aromatic carbocycles. The number of sulfonamides is 1. The van der Waals surface area contributed by atoms with E-state index in [2.05, 4.69) is 41.2 Å². The summed E-state index contributed by atoms with van der Waals surface area (Å²) in [5.41, 5.74) is 1.29. The maximum atomic E-state index is 12.4. The molecule has 0 radical (unpaired) electrons. The lowest BCUT2D eigenvalue weighted by Gasteiger charge is -2.06. The van der Waals surface area contributed by atoms with Crippen LogP contribution < -0.4 is 10.0 Å². The molecule has 114 valence electrons. The van der Waals surface area contributed by atoms with E-state index in [4.69, 9.17) is 0 Å². The predicted molar refractivity (Wildman–Crippen MR) is 84.9 cm³/mol. The molecule has 7 nitrogen and oxygen atoms in total. The van der Waals surface area contributed by atoms with E-state index in [1.54, 1.807) is 27.0 Å². The summed E-state index contributed by atoms with van der Waals surface area (Å²) in [4.78, 5) is 5.14. The van der Waals surface area contributed by atoms with Crippen LogP contribution in [-0.2, 0) is 16.6 Å². The third-order valence-electron chi connectivity index (χ3n) is 2.66. The second kappa shape index (κ2) is 6.34. The minimum atomic E-state index is -3.75. The molecule has 2 aromatic rings. The van der Waals surface area contributed by atoms with Gasteiger partial charge in [0.1, 0.15) is 4.90 Å². The Kier molecular flexibility index (Phi) is 4.91. The van der Waals surface area contributed by atoms with E-state index in [0.29, 0.717) is 21.7 Å². The molecule has 0 bridgehead atoms. The van der Waals surface area contributed by atoms with Crippen molar-refractivity contribution in [2.75, 3.05) is 11.8 Å². The van der Waals surface area contributed by atoms with Crippen LogP contribution in [0.15, 0.2) is 14.7 Å². The second-order valence-corrected chi connectivity index (χ2v) is 8.40. The van der Waals surface area contributed by atoms with Crippen LogP contribution in [0.25, 0.3) is 0 Å². The van der Waals surface area contributed by atoms with E-state index in [-0.39, 0.29) is 10.8 Å². The SMILES string of the molecule is CNCc1cc(S(=O)(=O)Nc2nnc(C)c(C)n2)c(Br)s1. The number of nitrogens with zero attached hydrogens (tertiary/aromatic N) is 3. The summed E-state index contributed by atoms with van der Waals surface area (Å²) in [6, 6.07) is 1.61. The van der Waals surface area contributed by atoms with Gasteiger partial charge in [0, 0.05) is 11.4 Å². The predicted octanol–water partition coefficient (Wildman–Crippen LogP) is 1.83. The van der Waals surface area contributed by atoms with Crippen LogP contribution in [0.4, 0.5) is 5.95 Å². The number of halogens is 1. The topological polar surface area (TPSA) is 96.9 Å². The second-order valence-electron chi connectivity index (χ2n) is 4.29. The summed E-state index contributed by atoms with van der Waals surface area (Å²) in [5, 5.41) is 10.6. The van der Waals surface area contributed by atoms with Gasteiger partial charge >= 0.3 is 0 Å². The molecule has 0 fully saturated rings. The van der Waals surface area contributed by atoms with Crippen LogP contribution in [0.1, 0.15) is 16.3 Å². The molecule has 2 rings (SSSR count). The van der Waals surface area contributed by atoms with Crippen molar-refractivity contribution in [3.05, 3.63) is 26.1 Å². The lowest BCUT2D eigenvalue weighted by molar-refractivity contribution is 0.600. The zero-order chi connectivity index (χ0) is 15.6. The Bertz CT molecular complexity index is 760. The summed E-state index contributed by atoms with van der Waals surface area (Å²) in [5.74, 6) is -0.0358. The quantitative estimate of drug-likeness (QED) is 0.806. The van der Waals surface area contributed by atoms with E-state index < -0.39 is 10.0 Å². The third-order valence-corrected chi connectivity index (χ3v) is 6.24. The fourth-order valence-electron chi connectivity index (χ4n) is 1.52. The first-order chi connectivity index (χ1) is 9.83. The standard InChI is InChI=1S/C11H14BrN5O2S2/c1-6-7(2)15-16-11(14-6)17-21(18,19)9-4-8(5-13-3)20-10(9)12/h4,13H,5H2,1-3H3,(H,14,16,17). The molecule has 0 saturated heterocycles. The molecule has 0 atom stereocenters. The fourth-order valence-corrected chi connectivity index (χ4v) is 5.15. The highest BCUT2D eigenvalue weighted by Crippen LogP contribution is 2.32. The van der Waals surface area contributed by atoms with Gasteiger partial charge in [-0.3, -0.25) is 0 Å². The van der Waals surface area contributed by atoms with Crippen molar-refractivity contribution in [3.8, 4) is 0 Å². The molecule has 21 heavy (non-hydrogen) atoms. The Morgan fingerprint density at radius 1 is 1.29 bits per heavy atom. The zero-order valence-corrected chi connectivity index (χ0v) is 14.9. The van der Waals surface area contributed by atoms with Crippen molar-refractivity contribution in [1.82, 2.24) is 20.5 Å². The Morgan fingerprint density at radius 3 is 2.62 bits per heavy atom. The molecule has 0 aliphatic carbocycles. The molecule has 0 amide bonds. The van der Waals surface area contributed by atoms with E-state index in [9.17, 15) is 8.42 Å². The fraction of sp³-hybridized carbons (Fsp3) is 0.364. The van der Waals surface area contributed by atoms with Gasteiger partial charge in [0.25, 0.3) is 16.0 Å². The van der Waals surface area contributed by atoms with Gasteiger partial charge in [0.05, 0.1) is 15.2 Å². The Hall–Kier alpha value is -1.10. The van der Waals surface area contributed by atoms with E-state index in [1.165, 1.54) is 11.3 Å². The van der Waals surface area contributed by atoms with Crippen LogP contribution >= 0.6 is 27.3 Å². The van der Waals surface area contributed by atoms with Crippen LogP contribution in [0, 0.1) is 13.8 Å². The lowest BCUT2D eigenvalue weighted by atomic mass is 10.4.